The SMILES string of the molecule is CNC(=O)[C@@H](Cc1ccccc1)N(Cc1ccc(Cl)cc1)C(=O)CN(c1ccc(Cl)cc1)S(=O)(=O)c1ccc(OC)cc1. The number of hydrogen-bond donors (Lipinski definition) is 1. The van der Waals surface area contributed by atoms with E-state index in [9.17, 15) is 18.0 Å². The molecular formula is C32H31Cl2N3O5S. The molecule has 0 unspecified atom stereocenters. The molecule has 4 aromatic rings. The van der Waals surface area contributed by atoms with Crippen molar-refractivity contribution in [3.8, 4) is 5.75 Å². The van der Waals surface area contributed by atoms with Crippen LogP contribution < -0.4 is 14.4 Å². The molecule has 0 heterocycles. The fourth-order valence-electron chi connectivity index (χ4n) is 4.52. The first-order valence-corrected chi connectivity index (χ1v) is 15.5. The number of ether oxygens (including phenoxy) is 1. The highest BCUT2D eigenvalue weighted by atomic mass is 35.5. The molecule has 0 aliphatic rings. The maximum absolute atomic E-state index is 14.3. The van der Waals surface area contributed by atoms with Gasteiger partial charge in [0.05, 0.1) is 17.7 Å². The van der Waals surface area contributed by atoms with E-state index in [0.717, 1.165) is 15.4 Å². The lowest BCUT2D eigenvalue weighted by Crippen LogP contribution is -2.53. The fraction of sp³-hybridized carbons (Fsp3) is 0.188. The number of anilines is 1. The minimum absolute atomic E-state index is 0.0348. The third kappa shape index (κ3) is 8.07. The average Bonchev–Trinajstić information content (AvgIpc) is 3.03. The van der Waals surface area contributed by atoms with Crippen LogP contribution in [0.25, 0.3) is 0 Å². The van der Waals surface area contributed by atoms with Crippen LogP contribution in [0.5, 0.6) is 5.75 Å². The lowest BCUT2D eigenvalue weighted by molar-refractivity contribution is -0.139. The van der Waals surface area contributed by atoms with E-state index in [4.69, 9.17) is 27.9 Å². The molecule has 0 aromatic heterocycles. The molecule has 4 rings (SSSR count). The van der Waals surface area contributed by atoms with Crippen LogP contribution in [-0.2, 0) is 32.6 Å². The number of benzene rings is 4. The van der Waals surface area contributed by atoms with Crippen molar-refractivity contribution in [1.82, 2.24) is 10.2 Å². The minimum atomic E-state index is -4.24. The van der Waals surface area contributed by atoms with Crippen LogP contribution in [-0.4, -0.2) is 51.9 Å². The number of methoxy groups -OCH3 is 1. The Hall–Kier alpha value is -4.05. The predicted octanol–water partition coefficient (Wildman–Crippen LogP) is 5.58. The molecule has 0 saturated carbocycles. The number of sulfonamides is 1. The number of nitrogens with one attached hydrogen (secondary N) is 1. The van der Waals surface area contributed by atoms with Gasteiger partial charge in [0.15, 0.2) is 0 Å². The van der Waals surface area contributed by atoms with Gasteiger partial charge in [-0.3, -0.25) is 13.9 Å². The van der Waals surface area contributed by atoms with Crippen molar-refractivity contribution >= 4 is 50.7 Å². The van der Waals surface area contributed by atoms with Crippen molar-refractivity contribution in [3.05, 3.63) is 124 Å². The molecule has 0 aliphatic carbocycles. The maximum atomic E-state index is 14.3. The summed E-state index contributed by atoms with van der Waals surface area (Å²) >= 11 is 12.2. The Morgan fingerprint density at radius 1 is 0.814 bits per heavy atom. The summed E-state index contributed by atoms with van der Waals surface area (Å²) < 4.78 is 34.2. The number of amides is 2. The van der Waals surface area contributed by atoms with E-state index in [-0.39, 0.29) is 29.5 Å². The molecule has 0 saturated heterocycles. The summed E-state index contributed by atoms with van der Waals surface area (Å²) in [7, 11) is -1.26. The highest BCUT2D eigenvalue weighted by Crippen LogP contribution is 2.27. The van der Waals surface area contributed by atoms with Crippen LogP contribution in [0.3, 0.4) is 0 Å². The van der Waals surface area contributed by atoms with Gasteiger partial charge in [-0.15, -0.1) is 0 Å². The first kappa shape index (κ1) is 31.9. The van der Waals surface area contributed by atoms with E-state index in [1.807, 2.05) is 30.3 Å². The number of hydrogen-bond acceptors (Lipinski definition) is 5. The highest BCUT2D eigenvalue weighted by molar-refractivity contribution is 7.92. The van der Waals surface area contributed by atoms with Crippen LogP contribution in [0, 0.1) is 0 Å². The molecule has 1 N–H and O–H groups in total. The molecule has 224 valence electrons. The fourth-order valence-corrected chi connectivity index (χ4v) is 6.18. The first-order valence-electron chi connectivity index (χ1n) is 13.3. The second-order valence-corrected chi connectivity index (χ2v) is 12.4. The summed E-state index contributed by atoms with van der Waals surface area (Å²) in [6, 6.07) is 27.3. The van der Waals surface area contributed by atoms with Crippen LogP contribution in [0.1, 0.15) is 11.1 Å². The third-order valence-electron chi connectivity index (χ3n) is 6.82. The molecule has 0 spiro atoms. The molecular weight excluding hydrogens is 609 g/mol. The molecule has 43 heavy (non-hydrogen) atoms. The number of rotatable bonds is 12. The van der Waals surface area contributed by atoms with Crippen LogP contribution in [0.15, 0.2) is 108 Å². The molecule has 1 atom stereocenters. The van der Waals surface area contributed by atoms with Gasteiger partial charge in [-0.25, -0.2) is 8.42 Å². The van der Waals surface area contributed by atoms with Gasteiger partial charge in [-0.05, 0) is 71.8 Å². The Labute approximate surface area is 261 Å². The van der Waals surface area contributed by atoms with E-state index in [1.54, 1.807) is 36.4 Å². The van der Waals surface area contributed by atoms with Crippen LogP contribution >= 0.6 is 23.2 Å². The molecule has 0 fully saturated rings. The normalized spacial score (nSPS) is 11.8. The zero-order chi connectivity index (χ0) is 31.0. The van der Waals surface area contributed by atoms with Gasteiger partial charge in [-0.1, -0.05) is 65.7 Å². The quantitative estimate of drug-likeness (QED) is 0.218. The van der Waals surface area contributed by atoms with Crippen LogP contribution in [0.4, 0.5) is 5.69 Å². The number of likely N-dealkylation sites (N-methyl/N-ethyl adjacent to an activating group) is 1. The van der Waals surface area contributed by atoms with Crippen molar-refractivity contribution < 1.29 is 22.7 Å². The zero-order valence-corrected chi connectivity index (χ0v) is 25.9. The summed E-state index contributed by atoms with van der Waals surface area (Å²) in [4.78, 5) is 28.9. The standard InChI is InChI=1S/C32H31Cl2N3O5S/c1-35-32(39)30(20-23-6-4-3-5-7-23)36(21-24-8-10-25(33)11-9-24)31(38)22-37(27-14-12-26(34)13-15-27)43(40,41)29-18-16-28(42-2)17-19-29/h3-19,30H,20-22H2,1-2H3,(H,35,39)/t30-/m1/s1. The third-order valence-corrected chi connectivity index (χ3v) is 9.12. The van der Waals surface area contributed by atoms with E-state index < -0.39 is 28.5 Å². The Kier molecular flexibility index (Phi) is 10.7. The van der Waals surface area contributed by atoms with Gasteiger partial charge in [-0.2, -0.15) is 0 Å². The largest absolute Gasteiger partial charge is 0.497 e. The van der Waals surface area contributed by atoms with Gasteiger partial charge in [0, 0.05) is 30.1 Å². The number of halogens is 2. The summed E-state index contributed by atoms with van der Waals surface area (Å²) in [6.45, 7) is -0.538. The Balaban J connectivity index is 1.77. The minimum Gasteiger partial charge on any atom is -0.497 e. The lowest BCUT2D eigenvalue weighted by Gasteiger charge is -2.33. The van der Waals surface area contributed by atoms with E-state index in [2.05, 4.69) is 5.32 Å². The highest BCUT2D eigenvalue weighted by Gasteiger charge is 2.34. The van der Waals surface area contributed by atoms with Gasteiger partial charge in [0.1, 0.15) is 18.3 Å². The average molecular weight is 641 g/mol. The monoisotopic (exact) mass is 639 g/mol. The lowest BCUT2D eigenvalue weighted by atomic mass is 10.0. The summed E-state index contributed by atoms with van der Waals surface area (Å²) in [5.74, 6) is -0.481. The zero-order valence-electron chi connectivity index (χ0n) is 23.6. The Morgan fingerprint density at radius 3 is 1.95 bits per heavy atom. The summed E-state index contributed by atoms with van der Waals surface area (Å²) in [6.07, 6.45) is 0.214. The van der Waals surface area contributed by atoms with Crippen LogP contribution in [0.2, 0.25) is 10.0 Å². The molecule has 4 aromatic carbocycles. The molecule has 0 aliphatic heterocycles. The van der Waals surface area contributed by atoms with Gasteiger partial charge >= 0.3 is 0 Å². The predicted molar refractivity (Wildman–Crippen MR) is 169 cm³/mol. The second-order valence-electron chi connectivity index (χ2n) is 9.63. The Morgan fingerprint density at radius 2 is 1.40 bits per heavy atom. The smallest absolute Gasteiger partial charge is 0.264 e. The van der Waals surface area contributed by atoms with Gasteiger partial charge < -0.3 is 15.0 Å². The number of carbonyl (C=O) groups excluding carboxylic acids is 2. The van der Waals surface area contributed by atoms with Crippen molar-refractivity contribution in [1.29, 1.82) is 0 Å². The van der Waals surface area contributed by atoms with Crippen molar-refractivity contribution in [3.63, 3.8) is 0 Å². The molecule has 8 nitrogen and oxygen atoms in total. The summed E-state index contributed by atoms with van der Waals surface area (Å²) in [5.41, 5.74) is 1.79. The molecule has 0 bridgehead atoms. The molecule has 0 radical (unpaired) electrons. The van der Waals surface area contributed by atoms with Gasteiger partial charge in [0.25, 0.3) is 10.0 Å². The van der Waals surface area contributed by atoms with E-state index in [0.29, 0.717) is 15.8 Å². The van der Waals surface area contributed by atoms with E-state index >= 15 is 0 Å². The molecule has 2 amide bonds. The number of carbonyl (C=O) groups is 2. The second kappa shape index (κ2) is 14.4. The van der Waals surface area contributed by atoms with Crippen molar-refractivity contribution in [2.45, 2.75) is 23.9 Å². The Bertz CT molecular complexity index is 1630. The van der Waals surface area contributed by atoms with Gasteiger partial charge in [0.2, 0.25) is 11.8 Å². The first-order chi connectivity index (χ1) is 20.6. The summed E-state index contributed by atoms with van der Waals surface area (Å²) in [5, 5.41) is 3.59. The van der Waals surface area contributed by atoms with Crippen molar-refractivity contribution in [2.24, 2.45) is 0 Å². The number of nitrogens with zero attached hydrogens (tertiary/aromatic N) is 2. The maximum Gasteiger partial charge on any atom is 0.264 e. The molecule has 11 heteroatoms. The van der Waals surface area contributed by atoms with E-state index in [1.165, 1.54) is 55.5 Å². The van der Waals surface area contributed by atoms with Crippen molar-refractivity contribution in [2.75, 3.05) is 25.0 Å². The topological polar surface area (TPSA) is 96.0 Å².